The maximum absolute atomic E-state index is 12.7. The SMILES string of the molecule is O=c1c2cccnc2ncn1Cc1nc([C@@H]2[C@@H]3CN(c4ccc5ncsc5c4)C[C@@H]32)no1. The Hall–Kier alpha value is -3.66. The molecule has 32 heavy (non-hydrogen) atoms. The lowest BCUT2D eigenvalue weighted by Crippen LogP contribution is -2.23. The van der Waals surface area contributed by atoms with Crippen LogP contribution in [-0.2, 0) is 6.54 Å². The zero-order chi connectivity index (χ0) is 21.2. The third-order valence-corrected chi connectivity index (χ3v) is 7.35. The number of hydrogen-bond acceptors (Lipinski definition) is 9. The van der Waals surface area contributed by atoms with Crippen molar-refractivity contribution >= 4 is 38.3 Å². The molecule has 0 amide bonds. The highest BCUT2D eigenvalue weighted by Crippen LogP contribution is 2.58. The molecule has 3 atom stereocenters. The maximum Gasteiger partial charge on any atom is 0.263 e. The molecule has 0 unspecified atom stereocenters. The average Bonchev–Trinajstić information content (AvgIpc) is 3.30. The molecule has 2 fully saturated rings. The highest BCUT2D eigenvalue weighted by molar-refractivity contribution is 7.16. The first-order valence-corrected chi connectivity index (χ1v) is 11.3. The van der Waals surface area contributed by atoms with Gasteiger partial charge in [0, 0.05) is 30.9 Å². The van der Waals surface area contributed by atoms with Crippen LogP contribution < -0.4 is 10.5 Å². The van der Waals surface area contributed by atoms with E-state index in [1.165, 1.54) is 21.3 Å². The van der Waals surface area contributed by atoms with Gasteiger partial charge in [-0.1, -0.05) is 5.16 Å². The van der Waals surface area contributed by atoms with Crippen molar-refractivity contribution in [3.8, 4) is 0 Å². The summed E-state index contributed by atoms with van der Waals surface area (Å²) in [5.41, 5.74) is 4.46. The van der Waals surface area contributed by atoms with Crippen molar-refractivity contribution in [1.82, 2.24) is 29.7 Å². The van der Waals surface area contributed by atoms with Crippen molar-refractivity contribution in [2.45, 2.75) is 12.5 Å². The van der Waals surface area contributed by atoms with E-state index < -0.39 is 0 Å². The summed E-state index contributed by atoms with van der Waals surface area (Å²) in [6, 6.07) is 9.92. The topological polar surface area (TPSA) is 103 Å². The Balaban J connectivity index is 1.06. The summed E-state index contributed by atoms with van der Waals surface area (Å²) in [4.78, 5) is 32.4. The summed E-state index contributed by atoms with van der Waals surface area (Å²) in [5.74, 6) is 2.56. The molecular formula is C22H17N7O2S. The third kappa shape index (κ3) is 2.76. The molecule has 7 rings (SSSR count). The first-order valence-electron chi connectivity index (χ1n) is 10.5. The van der Waals surface area contributed by atoms with E-state index in [4.69, 9.17) is 4.52 Å². The molecule has 9 nitrogen and oxygen atoms in total. The fourth-order valence-corrected chi connectivity index (χ4v) is 5.60. The minimum atomic E-state index is -0.167. The number of nitrogens with zero attached hydrogens (tertiary/aromatic N) is 7. The third-order valence-electron chi connectivity index (χ3n) is 6.56. The minimum absolute atomic E-state index is 0.167. The minimum Gasteiger partial charge on any atom is -0.371 e. The molecule has 5 aromatic rings. The van der Waals surface area contributed by atoms with Crippen molar-refractivity contribution in [2.24, 2.45) is 11.8 Å². The van der Waals surface area contributed by atoms with E-state index in [9.17, 15) is 4.79 Å². The predicted octanol–water partition coefficient (Wildman–Crippen LogP) is 2.68. The van der Waals surface area contributed by atoms with Gasteiger partial charge in [-0.25, -0.2) is 15.0 Å². The van der Waals surface area contributed by atoms with Crippen LogP contribution in [0.3, 0.4) is 0 Å². The molecule has 0 radical (unpaired) electrons. The van der Waals surface area contributed by atoms with Crippen LogP contribution in [0, 0.1) is 11.8 Å². The van der Waals surface area contributed by atoms with Gasteiger partial charge in [0.05, 0.1) is 21.1 Å². The van der Waals surface area contributed by atoms with Gasteiger partial charge in [-0.15, -0.1) is 11.3 Å². The lowest BCUT2D eigenvalue weighted by Gasteiger charge is -2.21. The number of rotatable bonds is 4. The van der Waals surface area contributed by atoms with Crippen LogP contribution >= 0.6 is 11.3 Å². The van der Waals surface area contributed by atoms with Crippen LogP contribution in [0.2, 0.25) is 0 Å². The number of aromatic nitrogens is 6. The number of fused-ring (bicyclic) bond motifs is 3. The van der Waals surface area contributed by atoms with Gasteiger partial charge >= 0.3 is 0 Å². The van der Waals surface area contributed by atoms with Gasteiger partial charge in [-0.2, -0.15) is 4.98 Å². The highest BCUT2D eigenvalue weighted by atomic mass is 32.1. The number of anilines is 1. The molecule has 158 valence electrons. The van der Waals surface area contributed by atoms with Crippen molar-refractivity contribution in [2.75, 3.05) is 18.0 Å². The van der Waals surface area contributed by atoms with Gasteiger partial charge < -0.3 is 9.42 Å². The Morgan fingerprint density at radius 2 is 2.03 bits per heavy atom. The number of thiazole rings is 1. The van der Waals surface area contributed by atoms with E-state index in [2.05, 4.69) is 48.2 Å². The van der Waals surface area contributed by atoms with Crippen LogP contribution in [0.4, 0.5) is 5.69 Å². The molecule has 1 aromatic carbocycles. The molecule has 1 aliphatic heterocycles. The molecule has 0 bridgehead atoms. The molecule has 4 aromatic heterocycles. The lowest BCUT2D eigenvalue weighted by atomic mass is 10.2. The van der Waals surface area contributed by atoms with Crippen molar-refractivity contribution in [3.05, 3.63) is 70.4 Å². The molecule has 1 aliphatic carbocycles. The Bertz CT molecular complexity index is 1530. The second kappa shape index (κ2) is 6.67. The van der Waals surface area contributed by atoms with Gasteiger partial charge in [0.15, 0.2) is 11.5 Å². The van der Waals surface area contributed by atoms with E-state index in [1.807, 2.05) is 5.51 Å². The predicted molar refractivity (Wildman–Crippen MR) is 119 cm³/mol. The fourth-order valence-electron chi connectivity index (χ4n) is 4.88. The molecule has 2 aliphatic rings. The van der Waals surface area contributed by atoms with E-state index in [1.54, 1.807) is 29.7 Å². The fraction of sp³-hybridized carbons (Fsp3) is 0.273. The summed E-state index contributed by atoms with van der Waals surface area (Å²) in [6.45, 7) is 2.18. The normalized spacial score (nSPS) is 22.0. The summed E-state index contributed by atoms with van der Waals surface area (Å²) in [5, 5.41) is 4.70. The molecule has 0 N–H and O–H groups in total. The van der Waals surface area contributed by atoms with Gasteiger partial charge in [-0.3, -0.25) is 9.36 Å². The van der Waals surface area contributed by atoms with Crippen LogP contribution in [0.5, 0.6) is 0 Å². The number of benzene rings is 1. The maximum atomic E-state index is 12.7. The van der Waals surface area contributed by atoms with E-state index in [0.717, 1.165) is 24.4 Å². The molecule has 1 saturated heterocycles. The monoisotopic (exact) mass is 443 g/mol. The second-order valence-electron chi connectivity index (χ2n) is 8.36. The van der Waals surface area contributed by atoms with Gasteiger partial charge in [0.1, 0.15) is 12.9 Å². The van der Waals surface area contributed by atoms with Gasteiger partial charge in [0.2, 0.25) is 5.89 Å². The number of hydrogen-bond donors (Lipinski definition) is 0. The van der Waals surface area contributed by atoms with Crippen LogP contribution in [0.25, 0.3) is 21.3 Å². The number of piperidine rings is 1. The largest absolute Gasteiger partial charge is 0.371 e. The first-order chi connectivity index (χ1) is 15.7. The smallest absolute Gasteiger partial charge is 0.263 e. The first kappa shape index (κ1) is 18.0. The van der Waals surface area contributed by atoms with Gasteiger partial charge in [-0.05, 0) is 42.2 Å². The van der Waals surface area contributed by atoms with E-state index in [-0.39, 0.29) is 12.1 Å². The summed E-state index contributed by atoms with van der Waals surface area (Å²) in [7, 11) is 0. The number of pyridine rings is 1. The van der Waals surface area contributed by atoms with Crippen LogP contribution in [-0.4, -0.2) is 42.7 Å². The molecule has 5 heterocycles. The summed E-state index contributed by atoms with van der Waals surface area (Å²) in [6.07, 6.45) is 3.10. The van der Waals surface area contributed by atoms with Crippen LogP contribution in [0.15, 0.2) is 57.7 Å². The Labute approximate surface area is 185 Å². The molecule has 10 heteroatoms. The summed E-state index contributed by atoms with van der Waals surface area (Å²) >= 11 is 1.67. The standard InChI is InChI=1S/C22H17N7O2S/c30-22-13-2-1-5-23-20(13)24-10-29(22)9-18-26-21(27-31-18)19-14-7-28(8-15(14)19)12-3-4-16-17(6-12)32-11-25-16/h1-6,10-11,14-15,19H,7-9H2/t14-,15+,19-. The molecule has 0 spiro atoms. The second-order valence-corrected chi connectivity index (χ2v) is 9.25. The van der Waals surface area contributed by atoms with Gasteiger partial charge in [0.25, 0.3) is 5.56 Å². The Morgan fingerprint density at radius 1 is 1.12 bits per heavy atom. The lowest BCUT2D eigenvalue weighted by molar-refractivity contribution is 0.363. The molecular weight excluding hydrogens is 426 g/mol. The Kier molecular flexibility index (Phi) is 3.74. The van der Waals surface area contributed by atoms with Crippen molar-refractivity contribution < 1.29 is 4.52 Å². The van der Waals surface area contributed by atoms with E-state index >= 15 is 0 Å². The van der Waals surface area contributed by atoms with E-state index in [0.29, 0.717) is 34.7 Å². The summed E-state index contributed by atoms with van der Waals surface area (Å²) < 4.78 is 8.17. The van der Waals surface area contributed by atoms with Crippen molar-refractivity contribution in [1.29, 1.82) is 0 Å². The zero-order valence-electron chi connectivity index (χ0n) is 16.8. The van der Waals surface area contributed by atoms with Crippen LogP contribution in [0.1, 0.15) is 17.6 Å². The average molecular weight is 443 g/mol. The highest BCUT2D eigenvalue weighted by Gasteiger charge is 2.58. The van der Waals surface area contributed by atoms with Crippen molar-refractivity contribution in [3.63, 3.8) is 0 Å². The Morgan fingerprint density at radius 3 is 2.94 bits per heavy atom. The molecule has 1 saturated carbocycles. The quantitative estimate of drug-likeness (QED) is 0.418. The zero-order valence-corrected chi connectivity index (χ0v) is 17.6.